The lowest BCUT2D eigenvalue weighted by Gasteiger charge is -2.35. The lowest BCUT2D eigenvalue weighted by Crippen LogP contribution is -2.71. The monoisotopic (exact) mass is 360 g/mol. The quantitative estimate of drug-likeness (QED) is 0.304. The first kappa shape index (κ1) is 20.1. The van der Waals surface area contributed by atoms with E-state index in [1.807, 2.05) is 0 Å². The molecular weight excluding hydrogens is 348 g/mol. The van der Waals surface area contributed by atoms with Gasteiger partial charge in [-0.15, -0.1) is 12.4 Å². The smallest absolute Gasteiger partial charge is 0.480 e. The molecule has 12 nitrogen and oxygen atoms in total. The first-order valence-corrected chi connectivity index (χ1v) is 6.86. The van der Waals surface area contributed by atoms with Crippen LogP contribution in [0.25, 0.3) is 0 Å². The number of hydrogen-bond acceptors (Lipinski definition) is 7. The van der Waals surface area contributed by atoms with Crippen LogP contribution in [0, 0.1) is 20.2 Å². The standard InChI is InChI=1S/C8H12N4O8S.ClH/c1-5(7(14)15)9-21(20)2-6(13)10-3-8(4-10,11(16)17)12(18)19;/h5,9H,2-4H2,1H3,(H,14,15);1H/t5-,21?;/m1./s1. The van der Waals surface area contributed by atoms with Gasteiger partial charge in [-0.05, 0) is 6.92 Å². The zero-order valence-electron chi connectivity index (χ0n) is 11.2. The van der Waals surface area contributed by atoms with E-state index in [0.29, 0.717) is 0 Å². The Bertz CT molecular complexity index is 506. The zero-order valence-corrected chi connectivity index (χ0v) is 12.8. The van der Waals surface area contributed by atoms with Crippen LogP contribution in [0.15, 0.2) is 0 Å². The predicted molar refractivity (Wildman–Crippen MR) is 73.8 cm³/mol. The summed E-state index contributed by atoms with van der Waals surface area (Å²) in [7, 11) is -2.00. The molecule has 0 aromatic heterocycles. The maximum absolute atomic E-state index is 11.6. The van der Waals surface area contributed by atoms with Gasteiger partial charge in [0.2, 0.25) is 5.91 Å². The molecule has 0 bridgehead atoms. The fourth-order valence-electron chi connectivity index (χ4n) is 1.53. The van der Waals surface area contributed by atoms with Crippen LogP contribution in [0.5, 0.6) is 0 Å². The van der Waals surface area contributed by atoms with Crippen molar-refractivity contribution < 1.29 is 28.8 Å². The van der Waals surface area contributed by atoms with E-state index >= 15 is 0 Å². The van der Waals surface area contributed by atoms with Crippen molar-refractivity contribution in [2.24, 2.45) is 0 Å². The molecule has 0 spiro atoms. The van der Waals surface area contributed by atoms with Gasteiger partial charge in [0.05, 0.1) is 0 Å². The summed E-state index contributed by atoms with van der Waals surface area (Å²) in [6.45, 7) is -0.201. The normalized spacial score (nSPS) is 18.3. The molecule has 0 radical (unpaired) electrons. The summed E-state index contributed by atoms with van der Waals surface area (Å²) in [5.41, 5.74) is -2.42. The number of hydrogen-bond donors (Lipinski definition) is 2. The van der Waals surface area contributed by atoms with Gasteiger partial charge in [-0.3, -0.25) is 29.8 Å². The molecule has 0 aliphatic carbocycles. The Morgan fingerprint density at radius 3 is 2.18 bits per heavy atom. The van der Waals surface area contributed by atoms with Crippen molar-refractivity contribution in [3.8, 4) is 0 Å². The Morgan fingerprint density at radius 2 is 1.82 bits per heavy atom. The predicted octanol–water partition coefficient (Wildman–Crippen LogP) is -1.77. The van der Waals surface area contributed by atoms with Crippen LogP contribution in [-0.4, -0.2) is 66.5 Å². The summed E-state index contributed by atoms with van der Waals surface area (Å²) >= 11 is 0. The molecule has 2 N–H and O–H groups in total. The van der Waals surface area contributed by atoms with E-state index in [0.717, 1.165) is 4.90 Å². The second-order valence-electron chi connectivity index (χ2n) is 4.41. The highest BCUT2D eigenvalue weighted by Gasteiger charge is 2.67. The molecule has 126 valence electrons. The second-order valence-corrected chi connectivity index (χ2v) is 5.63. The van der Waals surface area contributed by atoms with Crippen LogP contribution in [0.3, 0.4) is 0 Å². The highest BCUT2D eigenvalue weighted by Crippen LogP contribution is 2.25. The van der Waals surface area contributed by atoms with Crippen LogP contribution in [0.1, 0.15) is 6.92 Å². The molecule has 1 aliphatic heterocycles. The summed E-state index contributed by atoms with van der Waals surface area (Å²) < 4.78 is 13.6. The average molecular weight is 361 g/mol. The molecule has 1 heterocycles. The number of amides is 1. The fraction of sp³-hybridized carbons (Fsp3) is 0.750. The van der Waals surface area contributed by atoms with E-state index in [1.54, 1.807) is 0 Å². The number of carboxylic acids is 1. The number of aliphatic carboxylic acids is 1. The highest BCUT2D eigenvalue weighted by atomic mass is 35.5. The van der Waals surface area contributed by atoms with Gasteiger partial charge in [-0.1, -0.05) is 0 Å². The highest BCUT2D eigenvalue weighted by molar-refractivity contribution is 7.83. The molecular formula is C8H13ClN4O8S. The van der Waals surface area contributed by atoms with Gasteiger partial charge in [-0.25, -0.2) is 8.93 Å². The van der Waals surface area contributed by atoms with Crippen LogP contribution in [-0.2, 0) is 20.6 Å². The third kappa shape index (κ3) is 4.08. The SMILES string of the molecule is C[C@@H](NS(=O)CC(=O)N1CC([N+](=O)[O-])([N+](=O)[O-])C1)C(=O)O.Cl. The molecule has 1 rings (SSSR count). The Hall–Kier alpha value is -1.86. The minimum absolute atomic E-state index is 0. The van der Waals surface area contributed by atoms with Crippen molar-refractivity contribution >= 4 is 35.3 Å². The van der Waals surface area contributed by atoms with Crippen LogP contribution in [0.4, 0.5) is 0 Å². The van der Waals surface area contributed by atoms with Gasteiger partial charge in [-0.2, -0.15) is 0 Å². The summed E-state index contributed by atoms with van der Waals surface area (Å²) in [5.74, 6) is -2.68. The van der Waals surface area contributed by atoms with Crippen molar-refractivity contribution in [2.45, 2.75) is 18.6 Å². The number of nitrogens with one attached hydrogen (secondary N) is 1. The number of halogens is 1. The number of nitrogens with zero attached hydrogens (tertiary/aromatic N) is 3. The summed E-state index contributed by atoms with van der Waals surface area (Å²) in [6, 6.07) is -1.15. The molecule has 0 saturated carbocycles. The Balaban J connectivity index is 0.00000441. The lowest BCUT2D eigenvalue weighted by molar-refractivity contribution is -0.809. The molecule has 1 unspecified atom stereocenters. The zero-order chi connectivity index (χ0) is 16.4. The lowest BCUT2D eigenvalue weighted by atomic mass is 10.0. The van der Waals surface area contributed by atoms with Crippen molar-refractivity contribution in [1.82, 2.24) is 9.62 Å². The third-order valence-electron chi connectivity index (χ3n) is 2.85. The second kappa shape index (κ2) is 7.42. The maximum atomic E-state index is 11.6. The third-order valence-corrected chi connectivity index (χ3v) is 3.98. The summed E-state index contributed by atoms with van der Waals surface area (Å²) in [6.07, 6.45) is 0. The number of rotatable bonds is 7. The van der Waals surface area contributed by atoms with Crippen molar-refractivity contribution in [1.29, 1.82) is 0 Å². The van der Waals surface area contributed by atoms with Gasteiger partial charge >= 0.3 is 11.6 Å². The molecule has 1 amide bonds. The topological polar surface area (TPSA) is 173 Å². The molecule has 2 atom stereocenters. The molecule has 1 aliphatic rings. The van der Waals surface area contributed by atoms with E-state index in [4.69, 9.17) is 5.11 Å². The van der Waals surface area contributed by atoms with Crippen LogP contribution in [0.2, 0.25) is 0 Å². The summed E-state index contributed by atoms with van der Waals surface area (Å²) in [4.78, 5) is 42.1. The molecule has 1 saturated heterocycles. The van der Waals surface area contributed by atoms with Gasteiger partial charge in [0.25, 0.3) is 0 Å². The number of carboxylic acid groups (broad SMARTS) is 1. The average Bonchev–Trinajstić information content (AvgIpc) is 2.25. The number of likely N-dealkylation sites (tertiary alicyclic amines) is 1. The molecule has 1 fully saturated rings. The largest absolute Gasteiger partial charge is 0.492 e. The van der Waals surface area contributed by atoms with Crippen LogP contribution >= 0.6 is 12.4 Å². The van der Waals surface area contributed by atoms with Gasteiger partial charge in [0.1, 0.15) is 32.6 Å². The number of carbonyl (C=O) groups excluding carboxylic acids is 1. The van der Waals surface area contributed by atoms with Crippen molar-refractivity contribution in [3.63, 3.8) is 0 Å². The minimum atomic E-state index is -2.42. The Morgan fingerprint density at radius 1 is 1.36 bits per heavy atom. The maximum Gasteiger partial charge on any atom is 0.492 e. The first-order chi connectivity index (χ1) is 9.60. The van der Waals surface area contributed by atoms with Crippen molar-refractivity contribution in [2.75, 3.05) is 18.8 Å². The van der Waals surface area contributed by atoms with E-state index in [2.05, 4.69) is 4.72 Å². The van der Waals surface area contributed by atoms with Crippen LogP contribution < -0.4 is 4.72 Å². The van der Waals surface area contributed by atoms with E-state index in [1.165, 1.54) is 6.92 Å². The summed E-state index contributed by atoms with van der Waals surface area (Å²) in [5, 5.41) is 29.9. The van der Waals surface area contributed by atoms with E-state index in [-0.39, 0.29) is 12.4 Å². The number of nitro groups is 2. The Kier molecular flexibility index (Phi) is 6.79. The first-order valence-electron chi connectivity index (χ1n) is 5.54. The molecule has 14 heteroatoms. The fourth-order valence-corrected chi connectivity index (χ4v) is 2.52. The van der Waals surface area contributed by atoms with Gasteiger partial charge < -0.3 is 10.0 Å². The Labute approximate surface area is 132 Å². The van der Waals surface area contributed by atoms with Crippen molar-refractivity contribution in [3.05, 3.63) is 20.2 Å². The minimum Gasteiger partial charge on any atom is -0.480 e. The number of carbonyl (C=O) groups is 2. The molecule has 0 aromatic rings. The van der Waals surface area contributed by atoms with E-state index in [9.17, 15) is 34.0 Å². The van der Waals surface area contributed by atoms with E-state index < -0.39 is 63.3 Å². The van der Waals surface area contributed by atoms with Gasteiger partial charge in [0.15, 0.2) is 13.1 Å². The van der Waals surface area contributed by atoms with Gasteiger partial charge in [0, 0.05) is 0 Å². The molecule has 0 aromatic carbocycles. The molecule has 22 heavy (non-hydrogen) atoms.